The van der Waals surface area contributed by atoms with Crippen LogP contribution in [0.25, 0.3) is 0 Å². The number of benzene rings is 1. The van der Waals surface area contributed by atoms with Crippen molar-refractivity contribution >= 4 is 5.69 Å². The summed E-state index contributed by atoms with van der Waals surface area (Å²) in [7, 11) is 0. The highest BCUT2D eigenvalue weighted by molar-refractivity contribution is 5.40. The molecule has 0 bridgehead atoms. The Morgan fingerprint density at radius 2 is 2.31 bits per heavy atom. The fraction of sp³-hybridized carbons (Fsp3) is 0.143. The van der Waals surface area contributed by atoms with Gasteiger partial charge in [0.05, 0.1) is 10.5 Å². The van der Waals surface area contributed by atoms with Gasteiger partial charge in [0.25, 0.3) is 5.69 Å². The van der Waals surface area contributed by atoms with Crippen molar-refractivity contribution in [3.8, 4) is 0 Å². The quantitative estimate of drug-likeness (QED) is 0.412. The van der Waals surface area contributed by atoms with Crippen LogP contribution in [0.2, 0.25) is 0 Å². The summed E-state index contributed by atoms with van der Waals surface area (Å²) in [5.74, 6) is 4.33. The van der Waals surface area contributed by atoms with Crippen molar-refractivity contribution in [1.82, 2.24) is 5.43 Å². The van der Waals surface area contributed by atoms with Gasteiger partial charge in [0.2, 0.25) is 0 Å². The Hall–Kier alpha value is -1.53. The maximum atomic E-state index is 13.0. The van der Waals surface area contributed by atoms with E-state index >= 15 is 0 Å². The first-order valence-electron chi connectivity index (χ1n) is 3.52. The number of hydrogen-bond donors (Lipinski definition) is 2. The molecule has 5 nitrogen and oxygen atoms in total. The lowest BCUT2D eigenvalue weighted by Crippen LogP contribution is -2.22. The fourth-order valence-electron chi connectivity index (χ4n) is 0.995. The number of nitro benzene ring substituents is 1. The van der Waals surface area contributed by atoms with Crippen molar-refractivity contribution in [2.45, 2.75) is 6.54 Å². The van der Waals surface area contributed by atoms with E-state index in [1.165, 1.54) is 12.1 Å². The third-order valence-corrected chi connectivity index (χ3v) is 1.57. The van der Waals surface area contributed by atoms with Crippen LogP contribution in [0, 0.1) is 15.9 Å². The maximum absolute atomic E-state index is 13.0. The molecule has 0 aromatic heterocycles. The zero-order valence-corrected chi connectivity index (χ0v) is 6.66. The van der Waals surface area contributed by atoms with E-state index in [1.807, 2.05) is 0 Å². The van der Waals surface area contributed by atoms with Crippen LogP contribution in [0.15, 0.2) is 18.2 Å². The Kier molecular flexibility index (Phi) is 2.88. The van der Waals surface area contributed by atoms with Gasteiger partial charge in [0.1, 0.15) is 5.82 Å². The van der Waals surface area contributed by atoms with Crippen LogP contribution < -0.4 is 11.3 Å². The van der Waals surface area contributed by atoms with Crippen LogP contribution in [0.5, 0.6) is 0 Å². The lowest BCUT2D eigenvalue weighted by Gasteiger charge is -2.02. The molecule has 0 fully saturated rings. The van der Waals surface area contributed by atoms with E-state index in [0.717, 1.165) is 6.07 Å². The molecule has 1 aromatic carbocycles. The molecule has 0 atom stereocenters. The molecule has 13 heavy (non-hydrogen) atoms. The van der Waals surface area contributed by atoms with E-state index in [0.29, 0.717) is 0 Å². The zero-order valence-electron chi connectivity index (χ0n) is 6.66. The van der Waals surface area contributed by atoms with Crippen LogP contribution in [0.3, 0.4) is 0 Å². The third-order valence-electron chi connectivity index (χ3n) is 1.57. The molecule has 1 rings (SSSR count). The highest BCUT2D eigenvalue weighted by atomic mass is 19.1. The van der Waals surface area contributed by atoms with Crippen LogP contribution in [-0.4, -0.2) is 4.92 Å². The average molecular weight is 185 g/mol. The van der Waals surface area contributed by atoms with Crippen molar-refractivity contribution in [2.24, 2.45) is 5.84 Å². The van der Waals surface area contributed by atoms with Crippen molar-refractivity contribution < 1.29 is 9.31 Å². The Balaban J connectivity index is 3.17. The number of nitrogens with zero attached hydrogens (tertiary/aromatic N) is 1. The summed E-state index contributed by atoms with van der Waals surface area (Å²) in [5.41, 5.74) is 1.88. The van der Waals surface area contributed by atoms with E-state index in [-0.39, 0.29) is 17.8 Å². The van der Waals surface area contributed by atoms with Gasteiger partial charge >= 0.3 is 0 Å². The van der Waals surface area contributed by atoms with Crippen molar-refractivity contribution in [3.05, 3.63) is 39.7 Å². The molecule has 1 aromatic rings. The molecule has 0 saturated carbocycles. The first kappa shape index (κ1) is 9.56. The van der Waals surface area contributed by atoms with Gasteiger partial charge in [0, 0.05) is 12.6 Å². The molecule has 0 heterocycles. The monoisotopic (exact) mass is 185 g/mol. The van der Waals surface area contributed by atoms with E-state index in [2.05, 4.69) is 5.43 Å². The van der Waals surface area contributed by atoms with Gasteiger partial charge in [-0.1, -0.05) is 6.07 Å². The van der Waals surface area contributed by atoms with E-state index < -0.39 is 10.7 Å². The molecule has 6 heteroatoms. The van der Waals surface area contributed by atoms with Gasteiger partial charge in [-0.05, 0) is 6.07 Å². The summed E-state index contributed by atoms with van der Waals surface area (Å²) >= 11 is 0. The number of rotatable bonds is 3. The predicted molar refractivity (Wildman–Crippen MR) is 44.1 cm³/mol. The molecule has 0 aliphatic rings. The highest BCUT2D eigenvalue weighted by Crippen LogP contribution is 2.20. The molecule has 0 amide bonds. The minimum Gasteiger partial charge on any atom is -0.271 e. The number of halogens is 1. The normalized spacial score (nSPS) is 10.0. The van der Waals surface area contributed by atoms with Gasteiger partial charge in [-0.15, -0.1) is 0 Å². The Morgan fingerprint density at radius 3 is 2.85 bits per heavy atom. The van der Waals surface area contributed by atoms with Gasteiger partial charge in [-0.25, -0.2) is 4.39 Å². The van der Waals surface area contributed by atoms with Crippen LogP contribution in [0.4, 0.5) is 10.1 Å². The van der Waals surface area contributed by atoms with Crippen molar-refractivity contribution in [1.29, 1.82) is 0 Å². The molecule has 0 spiro atoms. The first-order valence-corrected chi connectivity index (χ1v) is 3.52. The summed E-state index contributed by atoms with van der Waals surface area (Å²) in [6.07, 6.45) is 0. The standard InChI is InChI=1S/C7H8FN3O2/c8-6-2-1-3-7(11(12)13)5(6)4-10-9/h1-3,10H,4,9H2. The first-order chi connectivity index (χ1) is 6.16. The summed E-state index contributed by atoms with van der Waals surface area (Å²) < 4.78 is 13.0. The Labute approximate surface area is 73.5 Å². The summed E-state index contributed by atoms with van der Waals surface area (Å²) in [4.78, 5) is 9.78. The summed E-state index contributed by atoms with van der Waals surface area (Å²) in [5, 5.41) is 10.4. The number of hydrazine groups is 1. The molecule has 3 N–H and O–H groups in total. The maximum Gasteiger partial charge on any atom is 0.276 e. The lowest BCUT2D eigenvalue weighted by atomic mass is 10.1. The Bertz CT molecular complexity index is 330. The van der Waals surface area contributed by atoms with E-state index in [4.69, 9.17) is 5.84 Å². The number of nitrogens with one attached hydrogen (secondary N) is 1. The second-order valence-corrected chi connectivity index (χ2v) is 2.38. The molecule has 0 radical (unpaired) electrons. The second-order valence-electron chi connectivity index (χ2n) is 2.38. The second kappa shape index (κ2) is 3.92. The van der Waals surface area contributed by atoms with Gasteiger partial charge in [-0.2, -0.15) is 0 Å². The van der Waals surface area contributed by atoms with Gasteiger partial charge < -0.3 is 0 Å². The van der Waals surface area contributed by atoms with Crippen LogP contribution in [-0.2, 0) is 6.54 Å². The van der Waals surface area contributed by atoms with Crippen LogP contribution in [0.1, 0.15) is 5.56 Å². The molecule has 0 aliphatic carbocycles. The number of nitro groups is 1. The summed E-state index contributed by atoms with van der Waals surface area (Å²) in [6, 6.07) is 3.67. The molecule has 0 saturated heterocycles. The van der Waals surface area contributed by atoms with Crippen molar-refractivity contribution in [3.63, 3.8) is 0 Å². The highest BCUT2D eigenvalue weighted by Gasteiger charge is 2.16. The number of hydrogen-bond acceptors (Lipinski definition) is 4. The average Bonchev–Trinajstić information content (AvgIpc) is 2.08. The molecular weight excluding hydrogens is 177 g/mol. The Morgan fingerprint density at radius 1 is 1.62 bits per heavy atom. The zero-order chi connectivity index (χ0) is 9.84. The molecule has 0 unspecified atom stereocenters. The molecule has 0 aliphatic heterocycles. The fourth-order valence-corrected chi connectivity index (χ4v) is 0.995. The largest absolute Gasteiger partial charge is 0.276 e. The van der Waals surface area contributed by atoms with E-state index in [1.54, 1.807) is 0 Å². The summed E-state index contributed by atoms with van der Waals surface area (Å²) in [6.45, 7) is -0.0665. The topological polar surface area (TPSA) is 81.2 Å². The van der Waals surface area contributed by atoms with Crippen LogP contribution >= 0.6 is 0 Å². The smallest absolute Gasteiger partial charge is 0.271 e. The molecule has 70 valence electrons. The SMILES string of the molecule is NNCc1c(F)cccc1[N+](=O)[O-]. The lowest BCUT2D eigenvalue weighted by molar-refractivity contribution is -0.385. The van der Waals surface area contributed by atoms with Gasteiger partial charge in [0.15, 0.2) is 0 Å². The van der Waals surface area contributed by atoms with E-state index in [9.17, 15) is 14.5 Å². The predicted octanol–water partition coefficient (Wildman–Crippen LogP) is 0.697. The third kappa shape index (κ3) is 1.98. The minimum atomic E-state index is -0.643. The number of nitrogens with two attached hydrogens (primary N) is 1. The minimum absolute atomic E-state index is 0.0324. The molecular formula is C7H8FN3O2. The van der Waals surface area contributed by atoms with Crippen molar-refractivity contribution in [2.75, 3.05) is 0 Å². The van der Waals surface area contributed by atoms with Gasteiger partial charge in [-0.3, -0.25) is 21.4 Å².